The third-order valence-electron chi connectivity index (χ3n) is 6.93. The van der Waals surface area contributed by atoms with Gasteiger partial charge in [-0.25, -0.2) is 9.18 Å². The Kier molecular flexibility index (Phi) is 8.77. The lowest BCUT2D eigenvalue weighted by Crippen LogP contribution is -2.51. The lowest BCUT2D eigenvalue weighted by atomic mass is 9.83. The first kappa shape index (κ1) is 26.2. The van der Waals surface area contributed by atoms with Crippen LogP contribution in [-0.2, 0) is 17.8 Å². The van der Waals surface area contributed by atoms with E-state index < -0.39 is 0 Å². The maximum absolute atomic E-state index is 13.9. The molecule has 4 rings (SSSR count). The number of benzene rings is 3. The Morgan fingerprint density at radius 2 is 1.76 bits per heavy atom. The molecule has 0 spiro atoms. The molecule has 194 valence electrons. The monoisotopic (exact) mass is 503 g/mol. The predicted molar refractivity (Wildman–Crippen MR) is 142 cm³/mol. The van der Waals surface area contributed by atoms with Crippen LogP contribution in [0.15, 0.2) is 72.8 Å². The van der Waals surface area contributed by atoms with Crippen molar-refractivity contribution in [2.24, 2.45) is 5.92 Å². The number of methoxy groups -OCH3 is 1. The molecule has 2 atom stereocenters. The summed E-state index contributed by atoms with van der Waals surface area (Å²) < 4.78 is 19.3. The van der Waals surface area contributed by atoms with Crippen LogP contribution in [0.1, 0.15) is 34.6 Å². The molecule has 2 N–H and O–H groups in total. The summed E-state index contributed by atoms with van der Waals surface area (Å²) in [7, 11) is 1.63. The van der Waals surface area contributed by atoms with E-state index in [1.807, 2.05) is 60.7 Å². The zero-order valence-electron chi connectivity index (χ0n) is 21.4. The Bertz CT molecular complexity index is 1220. The Labute approximate surface area is 217 Å². The molecule has 1 fully saturated rings. The van der Waals surface area contributed by atoms with Gasteiger partial charge in [-0.3, -0.25) is 4.79 Å². The SMILES string of the molecule is COc1ccccc1CCNC(=O)[C@H]1C[C@@H](c2ccc(F)c(C)c2)CN(C(=O)NCc2ccccc2)C1. The van der Waals surface area contributed by atoms with Gasteiger partial charge in [-0.1, -0.05) is 60.7 Å². The van der Waals surface area contributed by atoms with Crippen molar-refractivity contribution in [3.05, 3.63) is 101 Å². The van der Waals surface area contributed by atoms with Gasteiger partial charge in [0, 0.05) is 32.1 Å². The van der Waals surface area contributed by atoms with Crippen molar-refractivity contribution in [1.82, 2.24) is 15.5 Å². The number of rotatable bonds is 8. The fraction of sp³-hybridized carbons (Fsp3) is 0.333. The molecule has 37 heavy (non-hydrogen) atoms. The Morgan fingerprint density at radius 1 is 1.00 bits per heavy atom. The lowest BCUT2D eigenvalue weighted by molar-refractivity contribution is -0.126. The van der Waals surface area contributed by atoms with Crippen LogP contribution in [-0.4, -0.2) is 43.6 Å². The number of amides is 3. The average Bonchev–Trinajstić information content (AvgIpc) is 2.93. The van der Waals surface area contributed by atoms with Gasteiger partial charge in [0.05, 0.1) is 13.0 Å². The van der Waals surface area contributed by atoms with Crippen molar-refractivity contribution in [3.8, 4) is 5.75 Å². The number of nitrogens with zero attached hydrogens (tertiary/aromatic N) is 1. The number of nitrogens with one attached hydrogen (secondary N) is 2. The molecular formula is C30H34FN3O3. The lowest BCUT2D eigenvalue weighted by Gasteiger charge is -2.37. The van der Waals surface area contributed by atoms with Gasteiger partial charge in [0.15, 0.2) is 0 Å². The number of hydrogen-bond acceptors (Lipinski definition) is 3. The van der Waals surface area contributed by atoms with Crippen LogP contribution in [0.5, 0.6) is 5.75 Å². The maximum Gasteiger partial charge on any atom is 0.317 e. The van der Waals surface area contributed by atoms with E-state index in [0.29, 0.717) is 44.6 Å². The minimum Gasteiger partial charge on any atom is -0.496 e. The van der Waals surface area contributed by atoms with E-state index >= 15 is 0 Å². The van der Waals surface area contributed by atoms with Gasteiger partial charge >= 0.3 is 6.03 Å². The molecule has 1 heterocycles. The summed E-state index contributed by atoms with van der Waals surface area (Å²) in [6.45, 7) is 3.41. The minimum atomic E-state index is -0.371. The van der Waals surface area contributed by atoms with Crippen LogP contribution in [0, 0.1) is 18.7 Å². The van der Waals surface area contributed by atoms with Crippen molar-refractivity contribution in [2.45, 2.75) is 32.2 Å². The molecule has 1 saturated heterocycles. The molecule has 0 bridgehead atoms. The Morgan fingerprint density at radius 3 is 2.51 bits per heavy atom. The number of likely N-dealkylation sites (tertiary alicyclic amines) is 1. The summed E-state index contributed by atoms with van der Waals surface area (Å²) in [5.74, 6) is 0.00844. The number of ether oxygens (including phenoxy) is 1. The third kappa shape index (κ3) is 6.88. The molecule has 0 unspecified atom stereocenters. The molecule has 0 aromatic heterocycles. The molecule has 0 radical (unpaired) electrons. The Balaban J connectivity index is 1.44. The second-order valence-electron chi connectivity index (χ2n) is 9.54. The predicted octanol–water partition coefficient (Wildman–Crippen LogP) is 4.82. The molecule has 1 aliphatic heterocycles. The highest BCUT2D eigenvalue weighted by Gasteiger charge is 2.34. The number of carbonyl (C=O) groups excluding carboxylic acids is 2. The molecule has 0 aliphatic carbocycles. The molecule has 3 aromatic carbocycles. The van der Waals surface area contributed by atoms with Crippen molar-refractivity contribution in [3.63, 3.8) is 0 Å². The minimum absolute atomic E-state index is 0.0690. The van der Waals surface area contributed by atoms with Crippen molar-refractivity contribution in [1.29, 1.82) is 0 Å². The second kappa shape index (κ2) is 12.4. The van der Waals surface area contributed by atoms with E-state index in [9.17, 15) is 14.0 Å². The van der Waals surface area contributed by atoms with Crippen LogP contribution >= 0.6 is 0 Å². The quantitative estimate of drug-likeness (QED) is 0.463. The molecule has 6 nitrogen and oxygen atoms in total. The summed E-state index contributed by atoms with van der Waals surface area (Å²) >= 11 is 0. The topological polar surface area (TPSA) is 70.7 Å². The van der Waals surface area contributed by atoms with E-state index in [-0.39, 0.29) is 29.6 Å². The highest BCUT2D eigenvalue weighted by molar-refractivity contribution is 5.81. The van der Waals surface area contributed by atoms with Gasteiger partial charge in [0.2, 0.25) is 5.91 Å². The van der Waals surface area contributed by atoms with Gasteiger partial charge in [-0.05, 0) is 54.2 Å². The van der Waals surface area contributed by atoms with E-state index in [1.54, 1.807) is 25.0 Å². The van der Waals surface area contributed by atoms with Crippen LogP contribution < -0.4 is 15.4 Å². The summed E-state index contributed by atoms with van der Waals surface area (Å²) in [5, 5.41) is 6.03. The standard InChI is InChI=1S/C30H34FN3O3/c1-21-16-24(12-13-27(21)31)25-17-26(29(35)32-15-14-23-10-6-7-11-28(23)37-2)20-34(19-25)30(36)33-18-22-8-4-3-5-9-22/h3-13,16,25-26H,14-15,17-20H2,1-2H3,(H,32,35)(H,33,36)/t25-,26+/m1/s1. The van der Waals surface area contributed by atoms with Crippen molar-refractivity contribution in [2.75, 3.05) is 26.7 Å². The summed E-state index contributed by atoms with van der Waals surface area (Å²) in [6.07, 6.45) is 1.23. The highest BCUT2D eigenvalue weighted by Crippen LogP contribution is 2.31. The van der Waals surface area contributed by atoms with E-state index in [4.69, 9.17) is 4.74 Å². The van der Waals surface area contributed by atoms with E-state index in [1.165, 1.54) is 6.07 Å². The summed E-state index contributed by atoms with van der Waals surface area (Å²) in [4.78, 5) is 28.1. The molecule has 0 saturated carbocycles. The Hall–Kier alpha value is -3.87. The normalized spacial score (nSPS) is 17.2. The first-order valence-electron chi connectivity index (χ1n) is 12.7. The average molecular weight is 504 g/mol. The number of halogens is 1. The molecular weight excluding hydrogens is 469 g/mol. The largest absolute Gasteiger partial charge is 0.496 e. The van der Waals surface area contributed by atoms with Crippen LogP contribution in [0.25, 0.3) is 0 Å². The molecule has 3 aromatic rings. The third-order valence-corrected chi connectivity index (χ3v) is 6.93. The van der Waals surface area contributed by atoms with E-state index in [0.717, 1.165) is 22.4 Å². The fourth-order valence-corrected chi connectivity index (χ4v) is 4.88. The maximum atomic E-state index is 13.9. The molecule has 3 amide bonds. The van der Waals surface area contributed by atoms with Crippen LogP contribution in [0.3, 0.4) is 0 Å². The number of piperidine rings is 1. The van der Waals surface area contributed by atoms with Gasteiger partial charge in [-0.15, -0.1) is 0 Å². The first-order valence-corrected chi connectivity index (χ1v) is 12.7. The second-order valence-corrected chi connectivity index (χ2v) is 9.54. The van der Waals surface area contributed by atoms with Crippen LogP contribution in [0.2, 0.25) is 0 Å². The zero-order valence-corrected chi connectivity index (χ0v) is 21.4. The van der Waals surface area contributed by atoms with Crippen molar-refractivity contribution >= 4 is 11.9 Å². The molecule has 1 aliphatic rings. The summed E-state index contributed by atoms with van der Waals surface area (Å²) in [5.41, 5.74) is 3.52. The highest BCUT2D eigenvalue weighted by atomic mass is 19.1. The molecule has 7 heteroatoms. The van der Waals surface area contributed by atoms with E-state index in [2.05, 4.69) is 10.6 Å². The zero-order chi connectivity index (χ0) is 26.2. The van der Waals surface area contributed by atoms with Gasteiger partial charge < -0.3 is 20.3 Å². The van der Waals surface area contributed by atoms with Crippen LogP contribution in [0.4, 0.5) is 9.18 Å². The van der Waals surface area contributed by atoms with Crippen molar-refractivity contribution < 1.29 is 18.7 Å². The number of urea groups is 1. The summed E-state index contributed by atoms with van der Waals surface area (Å²) in [6, 6.07) is 22.3. The van der Waals surface area contributed by atoms with Gasteiger partial charge in [0.25, 0.3) is 0 Å². The smallest absolute Gasteiger partial charge is 0.317 e. The first-order chi connectivity index (χ1) is 17.9. The fourth-order valence-electron chi connectivity index (χ4n) is 4.88. The number of hydrogen-bond donors (Lipinski definition) is 2. The number of carbonyl (C=O) groups is 2. The van der Waals surface area contributed by atoms with Gasteiger partial charge in [0.1, 0.15) is 11.6 Å². The number of aryl methyl sites for hydroxylation is 1. The van der Waals surface area contributed by atoms with Gasteiger partial charge in [-0.2, -0.15) is 0 Å². The number of para-hydroxylation sites is 1.